The van der Waals surface area contributed by atoms with Gasteiger partial charge in [-0.1, -0.05) is 18.2 Å². The maximum Gasteiger partial charge on any atom is 0.331 e. The first-order chi connectivity index (χ1) is 8.58. The molecule has 1 aromatic carbocycles. The number of hydrogen-bond acceptors (Lipinski definition) is 3. The maximum absolute atomic E-state index is 11.4. The average molecular weight is 326 g/mol. The lowest BCUT2D eigenvalue weighted by molar-refractivity contribution is -0.138. The molecule has 0 saturated heterocycles. The molecule has 1 heterocycles. The largest absolute Gasteiger partial charge is 0.479 e. The maximum atomic E-state index is 11.4. The van der Waals surface area contributed by atoms with E-state index in [4.69, 9.17) is 0 Å². The van der Waals surface area contributed by atoms with Crippen molar-refractivity contribution in [3.8, 4) is 0 Å². The summed E-state index contributed by atoms with van der Waals surface area (Å²) in [7, 11) is 0. The van der Waals surface area contributed by atoms with E-state index in [1.807, 2.05) is 42.6 Å². The predicted octanol–water partition coefficient (Wildman–Crippen LogP) is 4.06. The molecule has 1 unspecified atom stereocenters. The molecular formula is C13H12BrNO2S. The number of thiophene rings is 1. The Morgan fingerprint density at radius 3 is 2.72 bits per heavy atom. The minimum atomic E-state index is -0.882. The van der Waals surface area contributed by atoms with Gasteiger partial charge in [-0.25, -0.2) is 4.79 Å². The number of carboxylic acid groups (broad SMARTS) is 1. The Bertz CT molecular complexity index is 568. The van der Waals surface area contributed by atoms with Crippen molar-refractivity contribution in [1.29, 1.82) is 0 Å². The molecule has 3 nitrogen and oxygen atoms in total. The summed E-state index contributed by atoms with van der Waals surface area (Å²) in [6.07, 6.45) is 0. The molecule has 0 amide bonds. The number of carboxylic acids is 1. The van der Waals surface area contributed by atoms with Gasteiger partial charge in [-0.05, 0) is 40.5 Å². The van der Waals surface area contributed by atoms with E-state index in [1.54, 1.807) is 0 Å². The first-order valence-corrected chi connectivity index (χ1v) is 7.04. The van der Waals surface area contributed by atoms with E-state index in [0.717, 1.165) is 20.6 Å². The van der Waals surface area contributed by atoms with Gasteiger partial charge in [0.2, 0.25) is 0 Å². The van der Waals surface area contributed by atoms with Gasteiger partial charge in [-0.15, -0.1) is 11.3 Å². The van der Waals surface area contributed by atoms with Crippen molar-refractivity contribution in [3.05, 3.63) is 50.6 Å². The van der Waals surface area contributed by atoms with Gasteiger partial charge in [0, 0.05) is 20.4 Å². The summed E-state index contributed by atoms with van der Waals surface area (Å²) >= 11 is 4.76. The summed E-state index contributed by atoms with van der Waals surface area (Å²) in [5, 5.41) is 14.3. The Kier molecular flexibility index (Phi) is 4.04. The van der Waals surface area contributed by atoms with Crippen LogP contribution in [0.5, 0.6) is 0 Å². The molecule has 0 fully saturated rings. The zero-order chi connectivity index (χ0) is 13.1. The number of anilines is 1. The summed E-state index contributed by atoms with van der Waals surface area (Å²) in [4.78, 5) is 12.1. The van der Waals surface area contributed by atoms with Crippen molar-refractivity contribution >= 4 is 38.9 Å². The molecule has 2 N–H and O–H groups in total. The smallest absolute Gasteiger partial charge is 0.331 e. The number of para-hydroxylation sites is 1. The number of hydrogen-bond donors (Lipinski definition) is 2. The minimum Gasteiger partial charge on any atom is -0.479 e. The molecule has 2 aromatic rings. The first-order valence-electron chi connectivity index (χ1n) is 5.37. The highest BCUT2D eigenvalue weighted by molar-refractivity contribution is 9.10. The molecule has 18 heavy (non-hydrogen) atoms. The van der Waals surface area contributed by atoms with E-state index >= 15 is 0 Å². The number of carbonyl (C=O) groups is 1. The van der Waals surface area contributed by atoms with Gasteiger partial charge in [-0.2, -0.15) is 0 Å². The highest BCUT2D eigenvalue weighted by Gasteiger charge is 2.21. The van der Waals surface area contributed by atoms with Crippen LogP contribution in [0, 0.1) is 6.92 Å². The molecule has 0 spiro atoms. The lowest BCUT2D eigenvalue weighted by Gasteiger charge is -2.15. The lowest BCUT2D eigenvalue weighted by Crippen LogP contribution is -2.19. The van der Waals surface area contributed by atoms with Crippen LogP contribution in [0.25, 0.3) is 0 Å². The van der Waals surface area contributed by atoms with Gasteiger partial charge in [-0.3, -0.25) is 0 Å². The third-order valence-electron chi connectivity index (χ3n) is 2.56. The van der Waals surface area contributed by atoms with Gasteiger partial charge in [0.15, 0.2) is 6.04 Å². The standard InChI is InChI=1S/C13H12BrNO2S/c1-8-4-2-3-5-10(8)15-12(13(16)17)11-6-9(14)7-18-11/h2-7,12,15H,1H3,(H,16,17). The second kappa shape index (κ2) is 5.54. The van der Waals surface area contributed by atoms with Crippen LogP contribution < -0.4 is 5.32 Å². The second-order valence-corrected chi connectivity index (χ2v) is 5.76. The number of rotatable bonds is 4. The van der Waals surface area contributed by atoms with Crippen LogP contribution in [0.2, 0.25) is 0 Å². The third-order valence-corrected chi connectivity index (χ3v) is 4.32. The van der Waals surface area contributed by atoms with Crippen molar-refractivity contribution in [1.82, 2.24) is 0 Å². The fourth-order valence-corrected chi connectivity index (χ4v) is 3.11. The third kappa shape index (κ3) is 2.91. The van der Waals surface area contributed by atoms with Crippen LogP contribution in [-0.2, 0) is 4.79 Å². The zero-order valence-corrected chi connectivity index (χ0v) is 12.1. The van der Waals surface area contributed by atoms with Crippen LogP contribution in [0.4, 0.5) is 5.69 Å². The van der Waals surface area contributed by atoms with Gasteiger partial charge in [0.1, 0.15) is 0 Å². The minimum absolute atomic E-state index is 0.720. The molecule has 0 aliphatic carbocycles. The molecule has 94 valence electrons. The van der Waals surface area contributed by atoms with Crippen molar-refractivity contribution in [2.45, 2.75) is 13.0 Å². The Labute approximate surface area is 118 Å². The molecule has 5 heteroatoms. The van der Waals surface area contributed by atoms with Crippen LogP contribution in [0.15, 0.2) is 40.2 Å². The topological polar surface area (TPSA) is 49.3 Å². The first kappa shape index (κ1) is 13.1. The number of aryl methyl sites for hydroxylation is 1. The van der Waals surface area contributed by atoms with Crippen LogP contribution in [0.1, 0.15) is 16.5 Å². The van der Waals surface area contributed by atoms with E-state index in [0.29, 0.717) is 0 Å². The summed E-state index contributed by atoms with van der Waals surface area (Å²) in [6.45, 7) is 1.95. The van der Waals surface area contributed by atoms with Crippen molar-refractivity contribution in [3.63, 3.8) is 0 Å². The van der Waals surface area contributed by atoms with Crippen molar-refractivity contribution in [2.24, 2.45) is 0 Å². The Morgan fingerprint density at radius 2 is 2.17 bits per heavy atom. The number of nitrogens with one attached hydrogen (secondary N) is 1. The zero-order valence-electron chi connectivity index (χ0n) is 9.68. The molecule has 0 saturated carbocycles. The fourth-order valence-electron chi connectivity index (χ4n) is 1.62. The monoisotopic (exact) mass is 325 g/mol. The Hall–Kier alpha value is -1.33. The van der Waals surface area contributed by atoms with E-state index in [-0.39, 0.29) is 0 Å². The van der Waals surface area contributed by atoms with E-state index in [1.165, 1.54) is 11.3 Å². The van der Waals surface area contributed by atoms with Crippen LogP contribution >= 0.6 is 27.3 Å². The highest BCUT2D eigenvalue weighted by atomic mass is 79.9. The lowest BCUT2D eigenvalue weighted by atomic mass is 10.1. The Balaban J connectivity index is 2.28. The molecule has 0 radical (unpaired) electrons. The van der Waals surface area contributed by atoms with Gasteiger partial charge < -0.3 is 10.4 Å². The average Bonchev–Trinajstić information content (AvgIpc) is 2.74. The summed E-state index contributed by atoms with van der Waals surface area (Å²) < 4.78 is 0.903. The summed E-state index contributed by atoms with van der Waals surface area (Å²) in [5.41, 5.74) is 1.87. The number of aliphatic carboxylic acids is 1. The fraction of sp³-hybridized carbons (Fsp3) is 0.154. The second-order valence-electron chi connectivity index (χ2n) is 3.90. The molecule has 0 aliphatic rings. The molecular weight excluding hydrogens is 314 g/mol. The molecule has 0 aliphatic heterocycles. The van der Waals surface area contributed by atoms with Gasteiger partial charge in [0.05, 0.1) is 0 Å². The SMILES string of the molecule is Cc1ccccc1NC(C(=O)O)c1cc(Br)cs1. The summed E-state index contributed by atoms with van der Waals surface area (Å²) in [6, 6.07) is 8.76. The van der Waals surface area contributed by atoms with Crippen molar-refractivity contribution < 1.29 is 9.90 Å². The number of benzene rings is 1. The molecule has 2 rings (SSSR count). The van der Waals surface area contributed by atoms with Gasteiger partial charge >= 0.3 is 5.97 Å². The molecule has 1 atom stereocenters. The van der Waals surface area contributed by atoms with Crippen molar-refractivity contribution in [2.75, 3.05) is 5.32 Å². The summed E-state index contributed by atoms with van der Waals surface area (Å²) in [5.74, 6) is -0.882. The Morgan fingerprint density at radius 1 is 1.44 bits per heavy atom. The number of halogens is 1. The highest BCUT2D eigenvalue weighted by Crippen LogP contribution is 2.29. The van der Waals surface area contributed by atoms with E-state index in [2.05, 4.69) is 21.2 Å². The van der Waals surface area contributed by atoms with Crippen LogP contribution in [0.3, 0.4) is 0 Å². The van der Waals surface area contributed by atoms with E-state index < -0.39 is 12.0 Å². The van der Waals surface area contributed by atoms with Gasteiger partial charge in [0.25, 0.3) is 0 Å². The predicted molar refractivity (Wildman–Crippen MR) is 77.2 cm³/mol. The molecule has 1 aromatic heterocycles. The van der Waals surface area contributed by atoms with E-state index in [9.17, 15) is 9.90 Å². The van der Waals surface area contributed by atoms with Crippen LogP contribution in [-0.4, -0.2) is 11.1 Å². The quantitative estimate of drug-likeness (QED) is 0.891. The normalized spacial score (nSPS) is 12.1. The molecule has 0 bridgehead atoms.